The molecule has 6 saturated carbocycles. The molecule has 8 bridgehead atoms. The fraction of sp³-hybridized carbons (Fsp3) is 1.00. The molecular formula is C18H22I2O4. The number of fused-ring (bicyclic) bond motifs is 2. The maximum atomic E-state index is 6.42. The van der Waals surface area contributed by atoms with Crippen LogP contribution in [0.25, 0.3) is 0 Å². The lowest BCUT2D eigenvalue weighted by Crippen LogP contribution is -2.65. The second-order valence-corrected chi connectivity index (χ2v) is 13.5. The van der Waals surface area contributed by atoms with Crippen LogP contribution in [0.2, 0.25) is 0 Å². The van der Waals surface area contributed by atoms with Crippen molar-refractivity contribution in [1.29, 1.82) is 0 Å². The fourth-order valence-electron chi connectivity index (χ4n) is 8.57. The lowest BCUT2D eigenvalue weighted by Gasteiger charge is -2.54. The van der Waals surface area contributed by atoms with Crippen LogP contribution < -0.4 is 0 Å². The maximum absolute atomic E-state index is 6.42. The Hall–Kier alpha value is 1.30. The first-order valence-electron chi connectivity index (χ1n) is 9.21. The predicted molar refractivity (Wildman–Crippen MR) is 102 cm³/mol. The monoisotopic (exact) mass is 556 g/mol. The zero-order valence-electron chi connectivity index (χ0n) is 14.2. The van der Waals surface area contributed by atoms with E-state index in [0.29, 0.717) is 23.7 Å². The van der Waals surface area contributed by atoms with Crippen molar-refractivity contribution in [3.8, 4) is 0 Å². The van der Waals surface area contributed by atoms with Gasteiger partial charge in [0.25, 0.3) is 0 Å². The summed E-state index contributed by atoms with van der Waals surface area (Å²) in [5.74, 6) is 3.17. The van der Waals surface area contributed by atoms with Crippen LogP contribution >= 0.6 is 45.2 Å². The minimum Gasteiger partial charge on any atom is -0.344 e. The second kappa shape index (κ2) is 3.75. The van der Waals surface area contributed by atoms with Gasteiger partial charge in [-0.05, 0) is 39.5 Å². The molecule has 2 aliphatic heterocycles. The number of halogens is 2. The standard InChI is InChI=1S/C18H22I2O4/c1-15(2)21-11-7-5-6-9-13-14(24-16(3,4)23-13)10(6)18(20,17(7,9)19)8(5)12(11)22-15/h5-14H,1-4H3/t5?,6?,7?,8?,9?,10?,11-,12+,13-,14+,17?,18?. The van der Waals surface area contributed by atoms with Gasteiger partial charge in [0, 0.05) is 30.5 Å². The Morgan fingerprint density at radius 2 is 0.792 bits per heavy atom. The summed E-state index contributed by atoms with van der Waals surface area (Å²) in [4.78, 5) is 0. The van der Waals surface area contributed by atoms with Crippen LogP contribution in [0, 0.1) is 35.5 Å². The van der Waals surface area contributed by atoms with Gasteiger partial charge in [-0.25, -0.2) is 0 Å². The summed E-state index contributed by atoms with van der Waals surface area (Å²) in [6, 6.07) is 0. The van der Waals surface area contributed by atoms with E-state index >= 15 is 0 Å². The summed E-state index contributed by atoms with van der Waals surface area (Å²) in [5, 5.41) is 0. The third-order valence-electron chi connectivity index (χ3n) is 8.37. The van der Waals surface area contributed by atoms with Crippen LogP contribution in [-0.2, 0) is 18.9 Å². The van der Waals surface area contributed by atoms with Gasteiger partial charge in [0.2, 0.25) is 0 Å². The largest absolute Gasteiger partial charge is 0.344 e. The highest BCUT2D eigenvalue weighted by Crippen LogP contribution is 2.92. The molecule has 8 fully saturated rings. The Morgan fingerprint density at radius 3 is 1.04 bits per heavy atom. The van der Waals surface area contributed by atoms with Crippen molar-refractivity contribution >= 4 is 45.2 Å². The third kappa shape index (κ3) is 1.20. The highest BCUT2D eigenvalue weighted by molar-refractivity contribution is 14.1. The van der Waals surface area contributed by atoms with Crippen LogP contribution in [-0.4, -0.2) is 42.8 Å². The van der Waals surface area contributed by atoms with Gasteiger partial charge < -0.3 is 18.9 Å². The molecule has 0 spiro atoms. The molecule has 6 aliphatic carbocycles. The highest BCUT2D eigenvalue weighted by Gasteiger charge is 2.98. The van der Waals surface area contributed by atoms with Gasteiger partial charge in [0.05, 0.1) is 24.4 Å². The molecule has 8 rings (SSSR count). The molecule has 6 unspecified atom stereocenters. The normalized spacial score (nSPS) is 73.8. The number of rotatable bonds is 0. The van der Waals surface area contributed by atoms with Gasteiger partial charge in [-0.2, -0.15) is 0 Å². The Labute approximate surface area is 169 Å². The second-order valence-electron chi connectivity index (χ2n) is 9.92. The van der Waals surface area contributed by atoms with Crippen LogP contribution in [0.5, 0.6) is 0 Å². The Morgan fingerprint density at radius 1 is 0.542 bits per heavy atom. The van der Waals surface area contributed by atoms with Crippen molar-refractivity contribution in [2.24, 2.45) is 35.5 Å². The SMILES string of the molecule is CC1(C)O[C@@H]2C3C4C5C6[C@H]7OC(C)(C)O[C@H]7C5C(I)(C4[C@@H]2O1)C36I. The van der Waals surface area contributed by atoms with E-state index in [-0.39, 0.29) is 31.3 Å². The van der Waals surface area contributed by atoms with Gasteiger partial charge in [-0.15, -0.1) is 0 Å². The molecule has 4 nitrogen and oxygen atoms in total. The predicted octanol–water partition coefficient (Wildman–Crippen LogP) is 3.14. The van der Waals surface area contributed by atoms with E-state index in [0.717, 1.165) is 11.8 Å². The molecule has 2 heterocycles. The van der Waals surface area contributed by atoms with Crippen molar-refractivity contribution < 1.29 is 18.9 Å². The fourth-order valence-corrected chi connectivity index (χ4v) is 13.1. The van der Waals surface area contributed by atoms with Crippen molar-refractivity contribution in [1.82, 2.24) is 0 Å². The van der Waals surface area contributed by atoms with E-state index in [1.165, 1.54) is 0 Å². The van der Waals surface area contributed by atoms with Crippen LogP contribution in [0.3, 0.4) is 0 Å². The third-order valence-corrected chi connectivity index (χ3v) is 14.1. The molecule has 0 aromatic rings. The maximum Gasteiger partial charge on any atom is 0.163 e. The number of hydrogen-bond acceptors (Lipinski definition) is 4. The van der Waals surface area contributed by atoms with Crippen molar-refractivity contribution in [3.63, 3.8) is 0 Å². The van der Waals surface area contributed by atoms with Crippen molar-refractivity contribution in [2.45, 2.75) is 70.5 Å². The Kier molecular flexibility index (Phi) is 2.38. The summed E-state index contributed by atoms with van der Waals surface area (Å²) >= 11 is 5.68. The zero-order chi connectivity index (χ0) is 16.6. The first-order valence-corrected chi connectivity index (χ1v) is 11.4. The summed E-state index contributed by atoms with van der Waals surface area (Å²) < 4.78 is 26.3. The molecule has 2 saturated heterocycles. The molecule has 8 aliphatic rings. The molecule has 0 aromatic carbocycles. The van der Waals surface area contributed by atoms with E-state index in [2.05, 4.69) is 72.9 Å². The average molecular weight is 556 g/mol. The minimum absolute atomic E-state index is 0.284. The summed E-state index contributed by atoms with van der Waals surface area (Å²) in [6.07, 6.45) is 1.15. The summed E-state index contributed by atoms with van der Waals surface area (Å²) in [7, 11) is 0. The van der Waals surface area contributed by atoms with E-state index < -0.39 is 11.6 Å². The summed E-state index contributed by atoms with van der Waals surface area (Å²) in [6.45, 7) is 8.31. The molecule has 24 heavy (non-hydrogen) atoms. The summed E-state index contributed by atoms with van der Waals surface area (Å²) in [5.41, 5.74) is 0. The van der Waals surface area contributed by atoms with E-state index in [4.69, 9.17) is 18.9 Å². The van der Waals surface area contributed by atoms with Crippen LogP contribution in [0.1, 0.15) is 27.7 Å². The van der Waals surface area contributed by atoms with E-state index in [1.54, 1.807) is 0 Å². The lowest BCUT2D eigenvalue weighted by molar-refractivity contribution is -0.163. The van der Waals surface area contributed by atoms with Crippen LogP contribution in [0.4, 0.5) is 0 Å². The first kappa shape index (κ1) is 15.2. The van der Waals surface area contributed by atoms with E-state index in [9.17, 15) is 0 Å². The number of hydrogen-bond donors (Lipinski definition) is 0. The van der Waals surface area contributed by atoms with Crippen molar-refractivity contribution in [3.05, 3.63) is 0 Å². The van der Waals surface area contributed by atoms with Gasteiger partial charge >= 0.3 is 0 Å². The Balaban J connectivity index is 1.39. The Bertz CT molecular complexity index is 591. The topological polar surface area (TPSA) is 36.9 Å². The van der Waals surface area contributed by atoms with E-state index in [1.807, 2.05) is 0 Å². The average Bonchev–Trinajstić information content (AvgIpc) is 3.17. The van der Waals surface area contributed by atoms with Crippen LogP contribution in [0.15, 0.2) is 0 Å². The minimum atomic E-state index is -0.426. The highest BCUT2D eigenvalue weighted by atomic mass is 127. The number of ether oxygens (including phenoxy) is 4. The molecule has 0 aromatic heterocycles. The quantitative estimate of drug-likeness (QED) is 0.340. The molecule has 0 N–H and O–H groups in total. The van der Waals surface area contributed by atoms with Gasteiger partial charge in [-0.1, -0.05) is 45.2 Å². The molecular weight excluding hydrogens is 534 g/mol. The molecule has 0 amide bonds. The zero-order valence-corrected chi connectivity index (χ0v) is 18.5. The lowest BCUT2D eigenvalue weighted by atomic mass is 9.67. The van der Waals surface area contributed by atoms with Crippen molar-refractivity contribution in [2.75, 3.05) is 0 Å². The number of alkyl halides is 2. The van der Waals surface area contributed by atoms with Gasteiger partial charge in [-0.3, -0.25) is 0 Å². The first-order chi connectivity index (χ1) is 11.1. The smallest absolute Gasteiger partial charge is 0.163 e. The van der Waals surface area contributed by atoms with Gasteiger partial charge in [0.15, 0.2) is 11.6 Å². The molecule has 0 radical (unpaired) electrons. The van der Waals surface area contributed by atoms with Gasteiger partial charge in [0.1, 0.15) is 0 Å². The molecule has 10 atom stereocenters. The molecule has 6 heteroatoms. The molecule has 132 valence electrons.